The van der Waals surface area contributed by atoms with Gasteiger partial charge in [-0.3, -0.25) is 5.43 Å². The van der Waals surface area contributed by atoms with Crippen LogP contribution in [0.1, 0.15) is 12.5 Å². The Morgan fingerprint density at radius 2 is 2.17 bits per heavy atom. The molecular weight excluding hydrogens is 318 g/mol. The summed E-state index contributed by atoms with van der Waals surface area (Å²) in [7, 11) is 3.23. The fourth-order valence-electron chi connectivity index (χ4n) is 2.08. The smallest absolute Gasteiger partial charge is 0.203 e. The number of thiocarbonyl (C=S) groups is 1. The van der Waals surface area contributed by atoms with Crippen LogP contribution in [0.25, 0.3) is 0 Å². The average Bonchev–Trinajstić information content (AvgIpc) is 2.54. The van der Waals surface area contributed by atoms with Gasteiger partial charge in [0, 0.05) is 18.7 Å². The van der Waals surface area contributed by atoms with Crippen LogP contribution in [0.15, 0.2) is 17.2 Å². The van der Waals surface area contributed by atoms with E-state index in [1.807, 2.05) is 19.1 Å². The Morgan fingerprint density at radius 3 is 2.91 bits per heavy atom. The molecule has 1 atom stereocenters. The summed E-state index contributed by atoms with van der Waals surface area (Å²) in [5.74, 6) is 1.87. The van der Waals surface area contributed by atoms with Crippen molar-refractivity contribution in [3.8, 4) is 17.2 Å². The second-order valence-corrected chi connectivity index (χ2v) is 5.36. The lowest BCUT2D eigenvalue weighted by molar-refractivity contribution is 0.165. The molecule has 23 heavy (non-hydrogen) atoms. The van der Waals surface area contributed by atoms with Crippen LogP contribution in [0.3, 0.4) is 0 Å². The summed E-state index contributed by atoms with van der Waals surface area (Å²) < 4.78 is 21.5. The van der Waals surface area contributed by atoms with Crippen molar-refractivity contribution in [1.29, 1.82) is 0 Å². The van der Waals surface area contributed by atoms with Crippen LogP contribution in [0, 0.1) is 0 Å². The number of rotatable bonds is 6. The van der Waals surface area contributed by atoms with E-state index in [1.165, 1.54) is 0 Å². The number of hydrogen-bond acceptors (Lipinski definition) is 6. The van der Waals surface area contributed by atoms with E-state index in [9.17, 15) is 0 Å². The van der Waals surface area contributed by atoms with E-state index in [4.69, 9.17) is 31.2 Å². The molecule has 1 heterocycles. The van der Waals surface area contributed by atoms with Crippen LogP contribution in [-0.2, 0) is 4.74 Å². The van der Waals surface area contributed by atoms with E-state index < -0.39 is 0 Å². The highest BCUT2D eigenvalue weighted by molar-refractivity contribution is 7.80. The maximum absolute atomic E-state index is 5.57. The molecule has 0 unspecified atom stereocenters. The van der Waals surface area contributed by atoms with Crippen molar-refractivity contribution < 1.29 is 18.9 Å². The van der Waals surface area contributed by atoms with Crippen LogP contribution in [0.5, 0.6) is 17.2 Å². The monoisotopic (exact) mass is 339 g/mol. The normalized spacial score (nSPS) is 14.4. The molecule has 8 heteroatoms. The molecule has 7 nitrogen and oxygen atoms in total. The summed E-state index contributed by atoms with van der Waals surface area (Å²) in [4.78, 5) is 0. The molecule has 0 fully saturated rings. The summed E-state index contributed by atoms with van der Waals surface area (Å²) in [6, 6.07) is 3.76. The van der Waals surface area contributed by atoms with Crippen molar-refractivity contribution in [3.63, 3.8) is 0 Å². The molecule has 0 radical (unpaired) electrons. The molecule has 1 aromatic rings. The lowest BCUT2D eigenvalue weighted by Gasteiger charge is -2.20. The van der Waals surface area contributed by atoms with Gasteiger partial charge >= 0.3 is 0 Å². The van der Waals surface area contributed by atoms with Crippen molar-refractivity contribution in [2.45, 2.75) is 13.0 Å². The minimum atomic E-state index is 0.101. The zero-order chi connectivity index (χ0) is 16.7. The van der Waals surface area contributed by atoms with E-state index in [0.29, 0.717) is 42.2 Å². The van der Waals surface area contributed by atoms with Gasteiger partial charge in [0.15, 0.2) is 16.6 Å². The number of nitrogens with zero attached hydrogens (tertiary/aromatic N) is 1. The van der Waals surface area contributed by atoms with Crippen molar-refractivity contribution in [2.24, 2.45) is 5.10 Å². The average molecular weight is 339 g/mol. The Labute approximate surface area is 140 Å². The lowest BCUT2D eigenvalue weighted by Crippen LogP contribution is -2.40. The van der Waals surface area contributed by atoms with Crippen LogP contribution in [0.4, 0.5) is 0 Å². The van der Waals surface area contributed by atoms with E-state index >= 15 is 0 Å². The van der Waals surface area contributed by atoms with Gasteiger partial charge in [-0.05, 0) is 31.3 Å². The fraction of sp³-hybridized carbons (Fsp3) is 0.467. The predicted molar refractivity (Wildman–Crippen MR) is 91.8 cm³/mol. The van der Waals surface area contributed by atoms with Crippen molar-refractivity contribution in [1.82, 2.24) is 10.7 Å². The Kier molecular flexibility index (Phi) is 6.42. The van der Waals surface area contributed by atoms with Gasteiger partial charge in [0.25, 0.3) is 0 Å². The molecule has 0 aromatic heterocycles. The Balaban J connectivity index is 1.98. The number of methoxy groups -OCH3 is 2. The molecule has 1 aromatic carbocycles. The minimum Gasteiger partial charge on any atom is -0.493 e. The summed E-state index contributed by atoms with van der Waals surface area (Å²) in [5, 5.41) is 7.59. The predicted octanol–water partition coefficient (Wildman–Crippen LogP) is 1.30. The van der Waals surface area contributed by atoms with E-state index in [1.54, 1.807) is 20.4 Å². The first-order valence-corrected chi connectivity index (χ1v) is 7.61. The second kappa shape index (κ2) is 8.54. The molecular formula is C15H21N3O4S. The highest BCUT2D eigenvalue weighted by Crippen LogP contribution is 2.39. The third-order valence-corrected chi connectivity index (χ3v) is 3.23. The summed E-state index contributed by atoms with van der Waals surface area (Å²) in [6.07, 6.45) is 1.63. The van der Waals surface area contributed by atoms with Crippen molar-refractivity contribution in [2.75, 3.05) is 34.0 Å². The van der Waals surface area contributed by atoms with Gasteiger partial charge in [0.05, 0.1) is 19.9 Å². The highest BCUT2D eigenvalue weighted by Gasteiger charge is 2.17. The van der Waals surface area contributed by atoms with Crippen molar-refractivity contribution >= 4 is 23.5 Å². The van der Waals surface area contributed by atoms with Crippen molar-refractivity contribution in [3.05, 3.63) is 17.7 Å². The van der Waals surface area contributed by atoms with Gasteiger partial charge in [-0.2, -0.15) is 5.10 Å². The van der Waals surface area contributed by atoms with Crippen LogP contribution in [0.2, 0.25) is 0 Å². The molecule has 2 rings (SSSR count). The first kappa shape index (κ1) is 17.3. The fourth-order valence-corrected chi connectivity index (χ4v) is 2.33. The second-order valence-electron chi connectivity index (χ2n) is 4.95. The molecule has 0 saturated carbocycles. The largest absolute Gasteiger partial charge is 0.493 e. The molecule has 2 N–H and O–H groups in total. The third kappa shape index (κ3) is 4.97. The third-order valence-electron chi connectivity index (χ3n) is 3.02. The van der Waals surface area contributed by atoms with Gasteiger partial charge < -0.3 is 24.3 Å². The quantitative estimate of drug-likeness (QED) is 0.460. The molecule has 0 saturated heterocycles. The molecule has 1 aliphatic heterocycles. The zero-order valence-corrected chi connectivity index (χ0v) is 14.2. The summed E-state index contributed by atoms with van der Waals surface area (Å²) in [6.45, 7) is 3.55. The van der Waals surface area contributed by atoms with Gasteiger partial charge in [-0.15, -0.1) is 0 Å². The Hall–Kier alpha value is -2.06. The van der Waals surface area contributed by atoms with Gasteiger partial charge in [0.1, 0.15) is 13.2 Å². The molecule has 1 aliphatic rings. The maximum Gasteiger partial charge on any atom is 0.203 e. The van der Waals surface area contributed by atoms with E-state index in [0.717, 1.165) is 5.56 Å². The zero-order valence-electron chi connectivity index (χ0n) is 13.4. The van der Waals surface area contributed by atoms with Gasteiger partial charge in [-0.25, -0.2) is 0 Å². The minimum absolute atomic E-state index is 0.101. The van der Waals surface area contributed by atoms with Crippen LogP contribution >= 0.6 is 12.2 Å². The van der Waals surface area contributed by atoms with Gasteiger partial charge in [-0.1, -0.05) is 0 Å². The SMILES string of the molecule is COC[C@@H](C)NC(=S)N/N=C\c1cc(OC)c2c(c1)OCCO2. The number of fused-ring (bicyclic) bond motifs is 1. The molecule has 0 amide bonds. The topological polar surface area (TPSA) is 73.3 Å². The lowest BCUT2D eigenvalue weighted by atomic mass is 10.2. The molecule has 0 bridgehead atoms. The number of benzene rings is 1. The number of ether oxygens (including phenoxy) is 4. The van der Waals surface area contributed by atoms with Crippen LogP contribution in [-0.4, -0.2) is 51.4 Å². The Bertz CT molecular complexity index is 563. The number of nitrogens with one attached hydrogen (secondary N) is 2. The standard InChI is InChI=1S/C15H21N3O4S/c1-10(9-19-2)17-15(23)18-16-8-11-6-12(20-3)14-13(7-11)21-4-5-22-14/h6-8,10H,4-5,9H2,1-3H3,(H2,17,18,23)/b16-8-/t10-/m1/s1. The molecule has 0 aliphatic carbocycles. The Morgan fingerprint density at radius 1 is 1.39 bits per heavy atom. The van der Waals surface area contributed by atoms with E-state index in [-0.39, 0.29) is 6.04 Å². The number of hydrogen-bond donors (Lipinski definition) is 2. The van der Waals surface area contributed by atoms with E-state index in [2.05, 4.69) is 15.8 Å². The first-order valence-electron chi connectivity index (χ1n) is 7.20. The number of hydrazone groups is 1. The maximum atomic E-state index is 5.57. The molecule has 0 spiro atoms. The molecule has 126 valence electrons. The summed E-state index contributed by atoms with van der Waals surface area (Å²) in [5.41, 5.74) is 3.57. The first-order chi connectivity index (χ1) is 11.1. The summed E-state index contributed by atoms with van der Waals surface area (Å²) >= 11 is 5.14. The van der Waals surface area contributed by atoms with Crippen LogP contribution < -0.4 is 25.0 Å². The highest BCUT2D eigenvalue weighted by atomic mass is 32.1. The van der Waals surface area contributed by atoms with Gasteiger partial charge in [0.2, 0.25) is 5.75 Å².